The Morgan fingerprint density at radius 1 is 1.43 bits per heavy atom. The highest BCUT2D eigenvalue weighted by Gasteiger charge is 2.49. The van der Waals surface area contributed by atoms with Crippen LogP contribution in [0, 0.1) is 0 Å². The molecule has 0 radical (unpaired) electrons. The first-order valence-corrected chi connectivity index (χ1v) is 7.76. The molecule has 1 aliphatic rings. The van der Waals surface area contributed by atoms with Gasteiger partial charge in [-0.05, 0) is 42.5 Å². The van der Waals surface area contributed by atoms with Crippen LogP contribution in [0.2, 0.25) is 0 Å². The lowest BCUT2D eigenvalue weighted by Gasteiger charge is -2.20. The summed E-state index contributed by atoms with van der Waals surface area (Å²) in [5.74, 6) is -0.341. The number of amides is 1. The van der Waals surface area contributed by atoms with Crippen LogP contribution in [0.3, 0.4) is 0 Å². The first-order valence-electron chi connectivity index (χ1n) is 6.97. The molecule has 0 saturated carbocycles. The van der Waals surface area contributed by atoms with Gasteiger partial charge in [-0.2, -0.15) is 0 Å². The molecule has 1 aliphatic heterocycles. The third-order valence-electron chi connectivity index (χ3n) is 3.83. The van der Waals surface area contributed by atoms with Crippen molar-refractivity contribution in [3.05, 3.63) is 58.5 Å². The molecule has 1 amide bonds. The number of carbonyl (C=O) groups excluding carboxylic acids is 2. The van der Waals surface area contributed by atoms with E-state index in [4.69, 9.17) is 4.42 Å². The zero-order chi connectivity index (χ0) is 16.6. The Kier molecular flexibility index (Phi) is 3.95. The van der Waals surface area contributed by atoms with E-state index in [1.807, 2.05) is 0 Å². The van der Waals surface area contributed by atoms with Crippen molar-refractivity contribution in [3.8, 4) is 0 Å². The van der Waals surface area contributed by atoms with E-state index in [2.05, 4.69) is 15.9 Å². The molecule has 2 heterocycles. The van der Waals surface area contributed by atoms with Crippen molar-refractivity contribution < 1.29 is 19.1 Å². The number of likely N-dealkylation sites (N-methyl/N-ethyl adjacent to an activating group) is 1. The number of aliphatic hydroxyl groups is 1. The summed E-state index contributed by atoms with van der Waals surface area (Å²) in [6, 6.07) is 8.60. The van der Waals surface area contributed by atoms with E-state index >= 15 is 0 Å². The number of carbonyl (C=O) groups is 2. The van der Waals surface area contributed by atoms with Gasteiger partial charge in [-0.3, -0.25) is 9.59 Å². The van der Waals surface area contributed by atoms with E-state index in [1.54, 1.807) is 37.4 Å². The Labute approximate surface area is 141 Å². The van der Waals surface area contributed by atoms with Crippen molar-refractivity contribution in [2.45, 2.75) is 12.0 Å². The zero-order valence-electron chi connectivity index (χ0n) is 12.3. The summed E-state index contributed by atoms with van der Waals surface area (Å²) in [6.45, 7) is 0. The molecule has 6 heteroatoms. The van der Waals surface area contributed by atoms with Crippen molar-refractivity contribution >= 4 is 39.4 Å². The minimum Gasteiger partial charge on any atom is -0.465 e. The van der Waals surface area contributed by atoms with E-state index in [1.165, 1.54) is 23.3 Å². The van der Waals surface area contributed by atoms with Crippen LogP contribution in [0.25, 0.3) is 6.08 Å². The normalized spacial score (nSPS) is 20.3. The number of rotatable bonds is 4. The van der Waals surface area contributed by atoms with Crippen LogP contribution in [0.4, 0.5) is 5.69 Å². The molecule has 0 unspecified atom stereocenters. The molecule has 118 valence electrons. The van der Waals surface area contributed by atoms with Crippen LogP contribution in [0.5, 0.6) is 0 Å². The van der Waals surface area contributed by atoms with Crippen LogP contribution < -0.4 is 4.90 Å². The van der Waals surface area contributed by atoms with Gasteiger partial charge < -0.3 is 14.4 Å². The Morgan fingerprint density at radius 2 is 2.22 bits per heavy atom. The maximum atomic E-state index is 12.4. The standard InChI is InChI=1S/C17H14BrNO4/c1-19-15-7-4-11(18)9-14(15)17(22,16(19)21)10-12(20)5-6-13-3-2-8-23-13/h2-9,22H,10H2,1H3/b6-5+/t17-/m0/s1. The number of halogens is 1. The summed E-state index contributed by atoms with van der Waals surface area (Å²) < 4.78 is 5.84. The molecular formula is C17H14BrNO4. The van der Waals surface area contributed by atoms with E-state index in [-0.39, 0.29) is 12.2 Å². The van der Waals surface area contributed by atoms with Crippen molar-refractivity contribution in [2.75, 3.05) is 11.9 Å². The lowest BCUT2D eigenvalue weighted by molar-refractivity contribution is -0.140. The zero-order valence-corrected chi connectivity index (χ0v) is 13.9. The molecular weight excluding hydrogens is 362 g/mol. The number of fused-ring (bicyclic) bond motifs is 1. The number of furan rings is 1. The first-order chi connectivity index (χ1) is 10.9. The highest BCUT2D eigenvalue weighted by atomic mass is 79.9. The van der Waals surface area contributed by atoms with Gasteiger partial charge in [-0.15, -0.1) is 0 Å². The van der Waals surface area contributed by atoms with Crippen LogP contribution in [-0.4, -0.2) is 23.8 Å². The maximum absolute atomic E-state index is 12.4. The molecule has 0 aliphatic carbocycles. The first kappa shape index (κ1) is 15.7. The average Bonchev–Trinajstić information content (AvgIpc) is 3.09. The Balaban J connectivity index is 1.88. The van der Waals surface area contributed by atoms with Crippen LogP contribution in [-0.2, 0) is 15.2 Å². The maximum Gasteiger partial charge on any atom is 0.263 e. The number of ketones is 1. The predicted molar refractivity (Wildman–Crippen MR) is 88.8 cm³/mol. The van der Waals surface area contributed by atoms with E-state index in [9.17, 15) is 14.7 Å². The second-order valence-electron chi connectivity index (χ2n) is 5.38. The summed E-state index contributed by atoms with van der Waals surface area (Å²) >= 11 is 3.33. The molecule has 0 bridgehead atoms. The SMILES string of the molecule is CN1C(=O)[C@](O)(CC(=O)/C=C/c2ccco2)c2cc(Br)ccc21. The topological polar surface area (TPSA) is 70.8 Å². The quantitative estimate of drug-likeness (QED) is 0.834. The fraction of sp³-hybridized carbons (Fsp3) is 0.176. The van der Waals surface area contributed by atoms with Gasteiger partial charge in [-0.1, -0.05) is 15.9 Å². The fourth-order valence-corrected chi connectivity index (χ4v) is 3.04. The van der Waals surface area contributed by atoms with E-state index in [0.717, 1.165) is 4.47 Å². The van der Waals surface area contributed by atoms with Crippen LogP contribution >= 0.6 is 15.9 Å². The van der Waals surface area contributed by atoms with Crippen molar-refractivity contribution in [3.63, 3.8) is 0 Å². The summed E-state index contributed by atoms with van der Waals surface area (Å²) in [5.41, 5.74) is -0.819. The van der Waals surface area contributed by atoms with Gasteiger partial charge in [0.25, 0.3) is 5.91 Å². The van der Waals surface area contributed by atoms with Gasteiger partial charge in [-0.25, -0.2) is 0 Å². The molecule has 5 nitrogen and oxygen atoms in total. The van der Waals surface area contributed by atoms with Crippen LogP contribution in [0.15, 0.2) is 51.6 Å². The number of benzene rings is 1. The number of hydrogen-bond donors (Lipinski definition) is 1. The van der Waals surface area contributed by atoms with Crippen molar-refractivity contribution in [1.82, 2.24) is 0 Å². The minimum absolute atomic E-state index is 0.323. The molecule has 1 aromatic carbocycles. The monoisotopic (exact) mass is 375 g/mol. The van der Waals surface area contributed by atoms with Crippen molar-refractivity contribution in [2.24, 2.45) is 0 Å². The molecule has 0 saturated heterocycles. The Hall–Kier alpha value is -2.18. The van der Waals surface area contributed by atoms with Gasteiger partial charge in [0.15, 0.2) is 11.4 Å². The summed E-state index contributed by atoms with van der Waals surface area (Å²) in [5, 5.41) is 10.8. The highest BCUT2D eigenvalue weighted by molar-refractivity contribution is 9.10. The van der Waals surface area contributed by atoms with Gasteiger partial charge in [0.1, 0.15) is 5.76 Å². The Morgan fingerprint density at radius 3 is 2.91 bits per heavy atom. The molecule has 1 aromatic heterocycles. The summed E-state index contributed by atoms with van der Waals surface area (Å²) in [4.78, 5) is 26.0. The molecule has 3 rings (SSSR count). The molecule has 0 spiro atoms. The molecule has 23 heavy (non-hydrogen) atoms. The third-order valence-corrected chi connectivity index (χ3v) is 4.32. The van der Waals surface area contributed by atoms with E-state index < -0.39 is 11.5 Å². The second kappa shape index (κ2) is 5.79. The van der Waals surface area contributed by atoms with Gasteiger partial charge in [0.05, 0.1) is 18.4 Å². The van der Waals surface area contributed by atoms with Gasteiger partial charge in [0, 0.05) is 17.1 Å². The minimum atomic E-state index is -1.85. The number of anilines is 1. The lowest BCUT2D eigenvalue weighted by Crippen LogP contribution is -2.40. The number of hydrogen-bond acceptors (Lipinski definition) is 4. The number of allylic oxidation sites excluding steroid dienone is 1. The average molecular weight is 376 g/mol. The molecule has 0 fully saturated rings. The predicted octanol–water partition coefficient (Wildman–Crippen LogP) is 2.88. The highest BCUT2D eigenvalue weighted by Crippen LogP contribution is 2.42. The Bertz CT molecular complexity index is 797. The lowest BCUT2D eigenvalue weighted by atomic mass is 9.90. The number of nitrogens with zero attached hydrogens (tertiary/aromatic N) is 1. The molecule has 2 aromatic rings. The van der Waals surface area contributed by atoms with Crippen molar-refractivity contribution in [1.29, 1.82) is 0 Å². The molecule has 1 N–H and O–H groups in total. The van der Waals surface area contributed by atoms with Gasteiger partial charge >= 0.3 is 0 Å². The second-order valence-corrected chi connectivity index (χ2v) is 6.29. The largest absolute Gasteiger partial charge is 0.465 e. The van der Waals surface area contributed by atoms with Crippen LogP contribution in [0.1, 0.15) is 17.7 Å². The summed E-state index contributed by atoms with van der Waals surface area (Å²) in [6.07, 6.45) is 3.99. The third kappa shape index (κ3) is 2.75. The fourth-order valence-electron chi connectivity index (χ4n) is 2.68. The van der Waals surface area contributed by atoms with E-state index in [0.29, 0.717) is 17.0 Å². The van der Waals surface area contributed by atoms with Gasteiger partial charge in [0.2, 0.25) is 0 Å². The molecule has 1 atom stereocenters. The summed E-state index contributed by atoms with van der Waals surface area (Å²) in [7, 11) is 1.58. The smallest absolute Gasteiger partial charge is 0.263 e.